The van der Waals surface area contributed by atoms with Crippen LogP contribution < -0.4 is 17.0 Å². The minimum Gasteiger partial charge on any atom is -1.00 e. The van der Waals surface area contributed by atoms with Gasteiger partial charge in [0.15, 0.2) is 14.7 Å². The van der Waals surface area contributed by atoms with E-state index in [2.05, 4.69) is 72.8 Å². The highest BCUT2D eigenvalue weighted by Gasteiger charge is 2.27. The van der Waals surface area contributed by atoms with Crippen molar-refractivity contribution in [2.45, 2.75) is 14.7 Å². The van der Waals surface area contributed by atoms with E-state index in [9.17, 15) is 0 Å². The summed E-state index contributed by atoms with van der Waals surface area (Å²) in [4.78, 5) is 3.92. The maximum atomic E-state index is 6.01. The predicted octanol–water partition coefficient (Wildman–Crippen LogP) is 2.44. The van der Waals surface area contributed by atoms with E-state index >= 15 is 0 Å². The third-order valence-corrected chi connectivity index (χ3v) is 5.49. The molecule has 106 valence electrons. The highest BCUT2D eigenvalue weighted by Crippen LogP contribution is 2.31. The predicted molar refractivity (Wildman–Crippen MR) is 86.5 cm³/mol. The van der Waals surface area contributed by atoms with E-state index in [4.69, 9.17) is 11.6 Å². The largest absolute Gasteiger partial charge is 1.00 e. The van der Waals surface area contributed by atoms with Crippen LogP contribution in [0.2, 0.25) is 5.02 Å². The second-order valence-electron chi connectivity index (χ2n) is 4.39. The molecule has 0 bridgehead atoms. The number of rotatable bonds is 3. The number of benzene rings is 3. The molecular weight excluding hydrogens is 364 g/mol. The number of hydrogen-bond donors (Lipinski definition) is 0. The van der Waals surface area contributed by atoms with Gasteiger partial charge in [-0.3, -0.25) is 0 Å². The second kappa shape index (κ2) is 7.69. The summed E-state index contributed by atoms with van der Waals surface area (Å²) < 4.78 is 0. The molecule has 0 aliphatic carbocycles. The first-order chi connectivity index (χ1) is 9.84. The lowest BCUT2D eigenvalue weighted by molar-refractivity contribution is -0.00000383. The maximum absolute atomic E-state index is 6.01. The SMILES string of the molecule is Clc1ccc([S+](c2ccccc2)c2ccccc2)cc1.[Br-]. The van der Waals surface area contributed by atoms with E-state index in [0.29, 0.717) is 0 Å². The summed E-state index contributed by atoms with van der Waals surface area (Å²) in [6, 6.07) is 29.4. The van der Waals surface area contributed by atoms with E-state index in [0.717, 1.165) is 5.02 Å². The van der Waals surface area contributed by atoms with Gasteiger partial charge in [0, 0.05) is 5.02 Å². The number of hydrogen-bond acceptors (Lipinski definition) is 0. The van der Waals surface area contributed by atoms with Crippen LogP contribution in [0.15, 0.2) is 99.6 Å². The molecule has 0 aliphatic rings. The van der Waals surface area contributed by atoms with E-state index in [1.54, 1.807) is 0 Å². The van der Waals surface area contributed by atoms with Crippen LogP contribution in [0.1, 0.15) is 0 Å². The summed E-state index contributed by atoms with van der Waals surface area (Å²) in [5.41, 5.74) is 0. The Morgan fingerprint density at radius 3 is 1.33 bits per heavy atom. The van der Waals surface area contributed by atoms with Crippen molar-refractivity contribution in [2.75, 3.05) is 0 Å². The normalized spacial score (nSPS) is 10.2. The lowest BCUT2D eigenvalue weighted by Gasteiger charge is -2.07. The van der Waals surface area contributed by atoms with Crippen LogP contribution in [0.5, 0.6) is 0 Å². The maximum Gasteiger partial charge on any atom is 0.166 e. The Kier molecular flexibility index (Phi) is 5.92. The molecule has 0 aliphatic heterocycles. The quantitative estimate of drug-likeness (QED) is 0.615. The Balaban J connectivity index is 0.00000161. The Morgan fingerprint density at radius 2 is 0.905 bits per heavy atom. The molecule has 0 spiro atoms. The molecule has 0 N–H and O–H groups in total. The minimum atomic E-state index is -0.0815. The van der Waals surface area contributed by atoms with Crippen molar-refractivity contribution in [1.82, 2.24) is 0 Å². The summed E-state index contributed by atoms with van der Waals surface area (Å²) in [5, 5.41) is 0.776. The third kappa shape index (κ3) is 3.91. The molecule has 0 heterocycles. The van der Waals surface area contributed by atoms with Crippen molar-refractivity contribution >= 4 is 22.5 Å². The van der Waals surface area contributed by atoms with Gasteiger partial charge in [-0.25, -0.2) is 0 Å². The smallest absolute Gasteiger partial charge is 0.166 e. The Bertz CT molecular complexity index is 629. The van der Waals surface area contributed by atoms with Crippen LogP contribution in [-0.2, 0) is 10.9 Å². The van der Waals surface area contributed by atoms with Crippen molar-refractivity contribution < 1.29 is 17.0 Å². The van der Waals surface area contributed by atoms with Crippen LogP contribution in [0.25, 0.3) is 0 Å². The first-order valence-electron chi connectivity index (χ1n) is 6.44. The highest BCUT2D eigenvalue weighted by atomic mass is 79.9. The van der Waals surface area contributed by atoms with Crippen molar-refractivity contribution in [3.8, 4) is 0 Å². The fourth-order valence-corrected chi connectivity index (χ4v) is 4.30. The van der Waals surface area contributed by atoms with Gasteiger partial charge in [0.2, 0.25) is 0 Å². The molecule has 0 atom stereocenters. The Labute approximate surface area is 143 Å². The fraction of sp³-hybridized carbons (Fsp3) is 0. The monoisotopic (exact) mass is 376 g/mol. The van der Waals surface area contributed by atoms with Gasteiger partial charge in [-0.15, -0.1) is 0 Å². The van der Waals surface area contributed by atoms with Crippen molar-refractivity contribution in [1.29, 1.82) is 0 Å². The molecular formula is C18H14BrClS. The second-order valence-corrected chi connectivity index (χ2v) is 6.85. The molecule has 0 amide bonds. The van der Waals surface area contributed by atoms with Gasteiger partial charge < -0.3 is 17.0 Å². The zero-order valence-electron chi connectivity index (χ0n) is 11.2. The van der Waals surface area contributed by atoms with Crippen LogP contribution >= 0.6 is 11.6 Å². The molecule has 0 nitrogen and oxygen atoms in total. The number of halogens is 2. The molecule has 0 radical (unpaired) electrons. The first-order valence-corrected chi connectivity index (χ1v) is 8.05. The topological polar surface area (TPSA) is 0 Å². The summed E-state index contributed by atoms with van der Waals surface area (Å²) >= 11 is 6.01. The van der Waals surface area contributed by atoms with Crippen LogP contribution in [-0.4, -0.2) is 0 Å². The van der Waals surface area contributed by atoms with Gasteiger partial charge in [0.25, 0.3) is 0 Å². The molecule has 0 unspecified atom stereocenters. The summed E-state index contributed by atoms with van der Waals surface area (Å²) in [5.74, 6) is 0. The molecule has 0 saturated carbocycles. The van der Waals surface area contributed by atoms with Gasteiger partial charge in [0.05, 0.1) is 10.9 Å². The Hall–Kier alpha value is -1.22. The molecule has 3 rings (SSSR count). The van der Waals surface area contributed by atoms with Gasteiger partial charge in [0.1, 0.15) is 0 Å². The van der Waals surface area contributed by atoms with Gasteiger partial charge in [-0.1, -0.05) is 48.0 Å². The van der Waals surface area contributed by atoms with Crippen molar-refractivity contribution in [3.63, 3.8) is 0 Å². The fourth-order valence-electron chi connectivity index (χ4n) is 2.09. The molecule has 21 heavy (non-hydrogen) atoms. The molecule has 3 aromatic carbocycles. The molecule has 0 saturated heterocycles. The summed E-state index contributed by atoms with van der Waals surface area (Å²) in [7, 11) is -0.0815. The lowest BCUT2D eigenvalue weighted by atomic mass is 10.4. The van der Waals surface area contributed by atoms with E-state index in [1.165, 1.54) is 14.7 Å². The first kappa shape index (κ1) is 16.2. The third-order valence-electron chi connectivity index (χ3n) is 3.01. The van der Waals surface area contributed by atoms with E-state index in [-0.39, 0.29) is 27.9 Å². The Morgan fingerprint density at radius 1 is 0.524 bits per heavy atom. The summed E-state index contributed by atoms with van der Waals surface area (Å²) in [6.45, 7) is 0. The zero-order chi connectivity index (χ0) is 13.8. The van der Waals surface area contributed by atoms with Gasteiger partial charge >= 0.3 is 0 Å². The zero-order valence-corrected chi connectivity index (χ0v) is 14.4. The average Bonchev–Trinajstić information content (AvgIpc) is 2.52. The van der Waals surface area contributed by atoms with Crippen LogP contribution in [0.3, 0.4) is 0 Å². The molecule has 3 aromatic rings. The highest BCUT2D eigenvalue weighted by molar-refractivity contribution is 7.97. The van der Waals surface area contributed by atoms with Crippen molar-refractivity contribution in [3.05, 3.63) is 90.0 Å². The van der Waals surface area contributed by atoms with Crippen molar-refractivity contribution in [2.24, 2.45) is 0 Å². The van der Waals surface area contributed by atoms with Gasteiger partial charge in [-0.05, 0) is 48.5 Å². The summed E-state index contributed by atoms with van der Waals surface area (Å²) in [6.07, 6.45) is 0. The van der Waals surface area contributed by atoms with E-state index < -0.39 is 0 Å². The van der Waals surface area contributed by atoms with Gasteiger partial charge in [-0.2, -0.15) is 0 Å². The molecule has 0 aromatic heterocycles. The lowest BCUT2D eigenvalue weighted by Crippen LogP contribution is -3.00. The standard InChI is InChI=1S/C18H14ClS.BrH/c19-15-11-13-18(14-12-15)20(16-7-3-1-4-8-16)17-9-5-2-6-10-17;/h1-14H;1H/q+1;/p-1. The molecule has 3 heteroatoms. The average molecular weight is 378 g/mol. The van der Waals surface area contributed by atoms with Crippen LogP contribution in [0.4, 0.5) is 0 Å². The minimum absolute atomic E-state index is 0. The molecule has 0 fully saturated rings. The van der Waals surface area contributed by atoms with E-state index in [1.807, 2.05) is 12.1 Å². The van der Waals surface area contributed by atoms with Crippen LogP contribution in [0, 0.1) is 0 Å².